The minimum absolute atomic E-state index is 0.0676. The van der Waals surface area contributed by atoms with Crippen molar-refractivity contribution >= 4 is 5.97 Å². The van der Waals surface area contributed by atoms with Gasteiger partial charge in [0.05, 0.1) is 5.41 Å². The highest BCUT2D eigenvalue weighted by molar-refractivity contribution is 5.77. The van der Waals surface area contributed by atoms with E-state index in [1.165, 1.54) is 19.3 Å². The van der Waals surface area contributed by atoms with Crippen LogP contribution in [0.5, 0.6) is 0 Å². The number of esters is 1. The van der Waals surface area contributed by atoms with Gasteiger partial charge in [0.25, 0.3) is 0 Å². The van der Waals surface area contributed by atoms with Crippen molar-refractivity contribution in [2.24, 2.45) is 11.3 Å². The zero-order chi connectivity index (χ0) is 15.0. The summed E-state index contributed by atoms with van der Waals surface area (Å²) in [6, 6.07) is 0. The van der Waals surface area contributed by atoms with Gasteiger partial charge in [-0.05, 0) is 38.3 Å². The van der Waals surface area contributed by atoms with Crippen molar-refractivity contribution in [3.8, 4) is 0 Å². The largest absolute Gasteiger partial charge is 0.464 e. The molecule has 1 fully saturated rings. The molecular formula is C17H33NO2. The molecule has 0 radical (unpaired) electrons. The lowest BCUT2D eigenvalue weighted by Gasteiger charge is -2.36. The Morgan fingerprint density at radius 2 is 1.75 bits per heavy atom. The Bertz CT molecular complexity index is 279. The number of hydrogen-bond acceptors (Lipinski definition) is 3. The van der Waals surface area contributed by atoms with E-state index in [-0.39, 0.29) is 11.4 Å². The second kappa shape index (κ2) is 8.66. The van der Waals surface area contributed by atoms with Gasteiger partial charge in [-0.1, -0.05) is 47.0 Å². The summed E-state index contributed by atoms with van der Waals surface area (Å²) < 4.78 is 5.64. The third-order valence-corrected chi connectivity index (χ3v) is 4.58. The number of carbonyl (C=O) groups excluding carboxylic acids is 1. The first-order chi connectivity index (χ1) is 9.54. The molecule has 0 N–H and O–H groups in total. The summed E-state index contributed by atoms with van der Waals surface area (Å²) in [5.74, 6) is 0.626. The molecule has 3 heteroatoms. The monoisotopic (exact) mass is 283 g/mol. The zero-order valence-electron chi connectivity index (χ0n) is 13.9. The van der Waals surface area contributed by atoms with Crippen molar-refractivity contribution in [1.29, 1.82) is 0 Å². The molecule has 0 saturated heterocycles. The molecule has 1 rings (SSSR count). The van der Waals surface area contributed by atoms with Crippen LogP contribution < -0.4 is 0 Å². The fraction of sp³-hybridized carbons (Fsp3) is 0.941. The predicted molar refractivity (Wildman–Crippen MR) is 83.7 cm³/mol. The van der Waals surface area contributed by atoms with Gasteiger partial charge in [-0.25, -0.2) is 0 Å². The van der Waals surface area contributed by atoms with Gasteiger partial charge in [-0.3, -0.25) is 4.79 Å². The van der Waals surface area contributed by atoms with E-state index >= 15 is 0 Å². The van der Waals surface area contributed by atoms with E-state index in [1.54, 1.807) is 0 Å². The summed E-state index contributed by atoms with van der Waals surface area (Å²) in [6.45, 7) is 12.1. The van der Waals surface area contributed by atoms with Crippen LogP contribution in [0.1, 0.15) is 66.2 Å². The van der Waals surface area contributed by atoms with Crippen LogP contribution in [-0.2, 0) is 9.53 Å². The lowest BCUT2D eigenvalue weighted by Crippen LogP contribution is -2.38. The number of ether oxygens (including phenoxy) is 1. The second-order valence-corrected chi connectivity index (χ2v) is 6.60. The molecule has 0 aromatic carbocycles. The van der Waals surface area contributed by atoms with E-state index < -0.39 is 0 Å². The SMILES string of the molecule is CCN(CC)CCOC(=O)C1(CC(C)C)CCCCC1. The Balaban J connectivity index is 2.51. The third kappa shape index (κ3) is 5.08. The highest BCUT2D eigenvalue weighted by atomic mass is 16.5. The van der Waals surface area contributed by atoms with Gasteiger partial charge in [0.2, 0.25) is 0 Å². The molecule has 1 aliphatic rings. The molecule has 0 amide bonds. The van der Waals surface area contributed by atoms with Crippen LogP contribution in [0.4, 0.5) is 0 Å². The maximum Gasteiger partial charge on any atom is 0.312 e. The topological polar surface area (TPSA) is 29.5 Å². The summed E-state index contributed by atoms with van der Waals surface area (Å²) >= 11 is 0. The summed E-state index contributed by atoms with van der Waals surface area (Å²) in [7, 11) is 0. The highest BCUT2D eigenvalue weighted by Gasteiger charge is 2.41. The molecule has 0 bridgehead atoms. The average Bonchev–Trinajstić information content (AvgIpc) is 2.43. The van der Waals surface area contributed by atoms with Gasteiger partial charge in [0.1, 0.15) is 6.61 Å². The number of nitrogens with zero attached hydrogens (tertiary/aromatic N) is 1. The Morgan fingerprint density at radius 1 is 1.15 bits per heavy atom. The minimum Gasteiger partial charge on any atom is -0.464 e. The zero-order valence-corrected chi connectivity index (χ0v) is 13.9. The van der Waals surface area contributed by atoms with E-state index in [9.17, 15) is 4.79 Å². The van der Waals surface area contributed by atoms with E-state index in [2.05, 4.69) is 32.6 Å². The van der Waals surface area contributed by atoms with Crippen LogP contribution >= 0.6 is 0 Å². The molecule has 1 saturated carbocycles. The minimum atomic E-state index is -0.185. The Labute approximate surface area is 125 Å². The Hall–Kier alpha value is -0.570. The summed E-state index contributed by atoms with van der Waals surface area (Å²) in [5, 5.41) is 0. The van der Waals surface area contributed by atoms with Crippen molar-refractivity contribution in [3.05, 3.63) is 0 Å². The van der Waals surface area contributed by atoms with Gasteiger partial charge in [-0.2, -0.15) is 0 Å². The maximum atomic E-state index is 12.6. The number of hydrogen-bond donors (Lipinski definition) is 0. The average molecular weight is 283 g/mol. The van der Waals surface area contributed by atoms with Crippen LogP contribution in [-0.4, -0.2) is 37.1 Å². The third-order valence-electron chi connectivity index (χ3n) is 4.58. The molecule has 0 unspecified atom stereocenters. The molecule has 0 aromatic rings. The molecule has 0 aliphatic heterocycles. The lowest BCUT2D eigenvalue weighted by atomic mass is 9.69. The molecule has 0 aromatic heterocycles. The first-order valence-electron chi connectivity index (χ1n) is 8.43. The normalized spacial score (nSPS) is 18.5. The summed E-state index contributed by atoms with van der Waals surface area (Å²) in [6.07, 6.45) is 6.66. The van der Waals surface area contributed by atoms with Crippen LogP contribution in [0, 0.1) is 11.3 Å². The molecule has 0 atom stereocenters. The Kier molecular flexibility index (Phi) is 7.57. The standard InChI is InChI=1S/C17H33NO2/c1-5-18(6-2)12-13-20-16(19)17(14-15(3)4)10-8-7-9-11-17/h15H,5-14H2,1-4H3. The van der Waals surface area contributed by atoms with Gasteiger partial charge in [0, 0.05) is 6.54 Å². The maximum absolute atomic E-state index is 12.6. The second-order valence-electron chi connectivity index (χ2n) is 6.60. The van der Waals surface area contributed by atoms with Crippen molar-refractivity contribution in [2.45, 2.75) is 66.2 Å². The first-order valence-corrected chi connectivity index (χ1v) is 8.43. The number of carbonyl (C=O) groups is 1. The van der Waals surface area contributed by atoms with E-state index in [4.69, 9.17) is 4.74 Å². The fourth-order valence-corrected chi connectivity index (χ4v) is 3.46. The van der Waals surface area contributed by atoms with Gasteiger partial charge < -0.3 is 9.64 Å². The molecule has 20 heavy (non-hydrogen) atoms. The molecule has 118 valence electrons. The lowest BCUT2D eigenvalue weighted by molar-refractivity contribution is -0.159. The van der Waals surface area contributed by atoms with E-state index in [0.717, 1.165) is 38.9 Å². The molecule has 3 nitrogen and oxygen atoms in total. The van der Waals surface area contributed by atoms with Crippen molar-refractivity contribution in [2.75, 3.05) is 26.2 Å². The quantitative estimate of drug-likeness (QED) is 0.633. The van der Waals surface area contributed by atoms with Crippen LogP contribution in [0.3, 0.4) is 0 Å². The van der Waals surface area contributed by atoms with E-state index in [0.29, 0.717) is 12.5 Å². The van der Waals surface area contributed by atoms with Crippen molar-refractivity contribution in [1.82, 2.24) is 4.90 Å². The smallest absolute Gasteiger partial charge is 0.312 e. The summed E-state index contributed by atoms with van der Waals surface area (Å²) in [4.78, 5) is 14.9. The van der Waals surface area contributed by atoms with E-state index in [1.807, 2.05) is 0 Å². The van der Waals surface area contributed by atoms with Crippen LogP contribution in [0.25, 0.3) is 0 Å². The molecular weight excluding hydrogens is 250 g/mol. The summed E-state index contributed by atoms with van der Waals surface area (Å²) in [5.41, 5.74) is -0.185. The van der Waals surface area contributed by atoms with Gasteiger partial charge in [0.15, 0.2) is 0 Å². The van der Waals surface area contributed by atoms with Crippen molar-refractivity contribution < 1.29 is 9.53 Å². The van der Waals surface area contributed by atoms with Gasteiger partial charge in [-0.15, -0.1) is 0 Å². The Morgan fingerprint density at radius 3 is 2.25 bits per heavy atom. The van der Waals surface area contributed by atoms with Gasteiger partial charge >= 0.3 is 5.97 Å². The highest BCUT2D eigenvalue weighted by Crippen LogP contribution is 2.42. The van der Waals surface area contributed by atoms with Crippen LogP contribution in [0.2, 0.25) is 0 Å². The number of rotatable bonds is 8. The molecule has 0 heterocycles. The molecule has 1 aliphatic carbocycles. The van der Waals surface area contributed by atoms with Crippen LogP contribution in [0.15, 0.2) is 0 Å². The fourth-order valence-electron chi connectivity index (χ4n) is 3.46. The molecule has 0 spiro atoms. The first kappa shape index (κ1) is 17.5. The predicted octanol–water partition coefficient (Wildman–Crippen LogP) is 3.87. The number of likely N-dealkylation sites (N-methyl/N-ethyl adjacent to an activating group) is 1. The van der Waals surface area contributed by atoms with Crippen molar-refractivity contribution in [3.63, 3.8) is 0 Å².